The number of halogens is 3. The van der Waals surface area contributed by atoms with Gasteiger partial charge in [-0.15, -0.1) is 0 Å². The molecule has 3 heteroatoms. The first kappa shape index (κ1) is 7.89. The van der Waals surface area contributed by atoms with Crippen molar-refractivity contribution in [2.24, 2.45) is 11.8 Å². The summed E-state index contributed by atoms with van der Waals surface area (Å²) in [6.07, 6.45) is -2.98. The third-order valence-corrected chi connectivity index (χ3v) is 1.99. The number of hydrogen-bond donors (Lipinski definition) is 0. The quantitative estimate of drug-likeness (QED) is 0.541. The lowest BCUT2D eigenvalue weighted by atomic mass is 9.74. The van der Waals surface area contributed by atoms with Gasteiger partial charge in [-0.05, 0) is 24.7 Å². The van der Waals surface area contributed by atoms with Gasteiger partial charge in [0.1, 0.15) is 0 Å². The molecular weight excluding hydrogens is 141 g/mol. The summed E-state index contributed by atoms with van der Waals surface area (Å²) in [5.41, 5.74) is 0. The zero-order valence-corrected chi connectivity index (χ0v) is 5.91. The Labute approximate surface area is 58.4 Å². The Bertz CT molecular complexity index is 111. The van der Waals surface area contributed by atoms with Crippen molar-refractivity contribution < 1.29 is 13.2 Å². The van der Waals surface area contributed by atoms with Crippen molar-refractivity contribution in [1.82, 2.24) is 0 Å². The predicted molar refractivity (Wildman–Crippen MR) is 32.6 cm³/mol. The lowest BCUT2D eigenvalue weighted by molar-refractivity contribution is -0.152. The van der Waals surface area contributed by atoms with Gasteiger partial charge in [-0.1, -0.05) is 6.92 Å². The predicted octanol–water partition coefficient (Wildman–Crippen LogP) is 2.98. The maximum Gasteiger partial charge on any atom is 0.389 e. The average molecular weight is 152 g/mol. The summed E-state index contributed by atoms with van der Waals surface area (Å²) in [7, 11) is 0. The normalized spacial score (nSPS) is 33.6. The Morgan fingerprint density at radius 3 is 2.10 bits per heavy atom. The Hall–Kier alpha value is -0.210. The topological polar surface area (TPSA) is 0 Å². The summed E-state index contributed by atoms with van der Waals surface area (Å²) in [6, 6.07) is 0. The molecule has 0 nitrogen and oxygen atoms in total. The highest BCUT2D eigenvalue weighted by atomic mass is 19.4. The van der Waals surface area contributed by atoms with E-state index in [1.165, 1.54) is 0 Å². The van der Waals surface area contributed by atoms with Crippen molar-refractivity contribution >= 4 is 0 Å². The van der Waals surface area contributed by atoms with Gasteiger partial charge < -0.3 is 0 Å². The Morgan fingerprint density at radius 1 is 1.30 bits per heavy atom. The second-order valence-corrected chi connectivity index (χ2v) is 3.26. The summed E-state index contributed by atoms with van der Waals surface area (Å²) < 4.78 is 35.0. The summed E-state index contributed by atoms with van der Waals surface area (Å²) in [5, 5.41) is 0. The first-order valence-electron chi connectivity index (χ1n) is 3.54. The van der Waals surface area contributed by atoms with Gasteiger partial charge in [0.05, 0.1) is 0 Å². The smallest absolute Gasteiger partial charge is 0.171 e. The van der Waals surface area contributed by atoms with Crippen LogP contribution in [0.4, 0.5) is 13.2 Å². The van der Waals surface area contributed by atoms with Gasteiger partial charge in [0, 0.05) is 6.42 Å². The van der Waals surface area contributed by atoms with Crippen molar-refractivity contribution in [3.05, 3.63) is 0 Å². The Morgan fingerprint density at radius 2 is 1.80 bits per heavy atom. The van der Waals surface area contributed by atoms with E-state index in [0.717, 1.165) is 12.8 Å². The minimum Gasteiger partial charge on any atom is -0.171 e. The first-order chi connectivity index (χ1) is 4.47. The molecule has 0 radical (unpaired) electrons. The number of alkyl halides is 3. The van der Waals surface area contributed by atoms with Crippen LogP contribution in [0.15, 0.2) is 0 Å². The lowest BCUT2D eigenvalue weighted by Gasteiger charge is -2.33. The fourth-order valence-electron chi connectivity index (χ4n) is 1.56. The van der Waals surface area contributed by atoms with Crippen LogP contribution in [-0.4, -0.2) is 6.18 Å². The molecule has 60 valence electrons. The van der Waals surface area contributed by atoms with Crippen LogP contribution >= 0.6 is 0 Å². The maximum absolute atomic E-state index is 11.7. The molecule has 0 aromatic rings. The summed E-state index contributed by atoms with van der Waals surface area (Å²) in [5.74, 6) is 0.447. The molecule has 0 N–H and O–H groups in total. The van der Waals surface area contributed by atoms with E-state index >= 15 is 0 Å². The van der Waals surface area contributed by atoms with Crippen LogP contribution in [-0.2, 0) is 0 Å². The van der Waals surface area contributed by atoms with E-state index in [1.807, 2.05) is 6.92 Å². The molecule has 0 atom stereocenters. The Balaban J connectivity index is 2.16. The zero-order chi connectivity index (χ0) is 7.78. The third-order valence-electron chi connectivity index (χ3n) is 1.99. The highest BCUT2D eigenvalue weighted by Gasteiger charge is 2.36. The molecule has 1 saturated carbocycles. The third kappa shape index (κ3) is 2.20. The standard InChI is InChI=1S/C7H11F3/c1-5-2-6(3-5)4-7(8,9)10/h5-6H,2-4H2,1H3. The summed E-state index contributed by atoms with van der Waals surface area (Å²) in [6.45, 7) is 1.99. The van der Waals surface area contributed by atoms with E-state index in [0.29, 0.717) is 5.92 Å². The molecule has 0 aromatic heterocycles. The summed E-state index contributed by atoms with van der Waals surface area (Å²) in [4.78, 5) is 0. The van der Waals surface area contributed by atoms with Crippen LogP contribution in [0.2, 0.25) is 0 Å². The molecule has 0 saturated heterocycles. The number of rotatable bonds is 1. The zero-order valence-electron chi connectivity index (χ0n) is 5.91. The van der Waals surface area contributed by atoms with Crippen LogP contribution < -0.4 is 0 Å². The van der Waals surface area contributed by atoms with Crippen molar-refractivity contribution in [2.75, 3.05) is 0 Å². The number of hydrogen-bond acceptors (Lipinski definition) is 0. The minimum absolute atomic E-state index is 0.0741. The van der Waals surface area contributed by atoms with Crippen molar-refractivity contribution in [3.63, 3.8) is 0 Å². The van der Waals surface area contributed by atoms with Gasteiger partial charge in [0.15, 0.2) is 0 Å². The van der Waals surface area contributed by atoms with E-state index < -0.39 is 12.6 Å². The molecule has 0 bridgehead atoms. The lowest BCUT2D eigenvalue weighted by Crippen LogP contribution is -2.26. The van der Waals surface area contributed by atoms with E-state index in [4.69, 9.17) is 0 Å². The fourth-order valence-corrected chi connectivity index (χ4v) is 1.56. The molecule has 1 fully saturated rings. The van der Waals surface area contributed by atoms with E-state index in [1.54, 1.807) is 0 Å². The monoisotopic (exact) mass is 152 g/mol. The van der Waals surface area contributed by atoms with Crippen LogP contribution in [0.1, 0.15) is 26.2 Å². The van der Waals surface area contributed by atoms with Crippen LogP contribution in [0, 0.1) is 11.8 Å². The second kappa shape index (κ2) is 2.44. The van der Waals surface area contributed by atoms with Gasteiger partial charge in [-0.2, -0.15) is 13.2 Å². The average Bonchev–Trinajstić information content (AvgIpc) is 1.57. The molecular formula is C7H11F3. The van der Waals surface area contributed by atoms with Gasteiger partial charge in [-0.25, -0.2) is 0 Å². The van der Waals surface area contributed by atoms with Gasteiger partial charge in [0.25, 0.3) is 0 Å². The molecule has 1 rings (SSSR count). The van der Waals surface area contributed by atoms with E-state index in [2.05, 4.69) is 0 Å². The van der Waals surface area contributed by atoms with Crippen LogP contribution in [0.25, 0.3) is 0 Å². The maximum atomic E-state index is 11.7. The molecule has 0 unspecified atom stereocenters. The van der Waals surface area contributed by atoms with E-state index in [9.17, 15) is 13.2 Å². The molecule has 10 heavy (non-hydrogen) atoms. The van der Waals surface area contributed by atoms with Crippen LogP contribution in [0.5, 0.6) is 0 Å². The fraction of sp³-hybridized carbons (Fsp3) is 1.00. The summed E-state index contributed by atoms with van der Waals surface area (Å²) >= 11 is 0. The van der Waals surface area contributed by atoms with Gasteiger partial charge in [0.2, 0.25) is 0 Å². The van der Waals surface area contributed by atoms with Crippen molar-refractivity contribution in [1.29, 1.82) is 0 Å². The molecule has 0 aliphatic heterocycles. The van der Waals surface area contributed by atoms with Crippen LogP contribution in [0.3, 0.4) is 0 Å². The minimum atomic E-state index is -3.94. The molecule has 1 aliphatic rings. The van der Waals surface area contributed by atoms with E-state index in [-0.39, 0.29) is 5.92 Å². The van der Waals surface area contributed by atoms with Gasteiger partial charge in [-0.3, -0.25) is 0 Å². The van der Waals surface area contributed by atoms with Crippen molar-refractivity contribution in [2.45, 2.75) is 32.4 Å². The molecule has 0 spiro atoms. The van der Waals surface area contributed by atoms with Gasteiger partial charge >= 0.3 is 6.18 Å². The van der Waals surface area contributed by atoms with Crippen molar-refractivity contribution in [3.8, 4) is 0 Å². The first-order valence-corrected chi connectivity index (χ1v) is 3.54. The largest absolute Gasteiger partial charge is 0.389 e. The highest BCUT2D eigenvalue weighted by Crippen LogP contribution is 2.40. The molecule has 0 heterocycles. The molecule has 0 aromatic carbocycles. The second-order valence-electron chi connectivity index (χ2n) is 3.26. The SMILES string of the molecule is CC1CC(CC(F)(F)F)C1. The molecule has 0 amide bonds. The highest BCUT2D eigenvalue weighted by molar-refractivity contribution is 4.78. The Kier molecular flexibility index (Phi) is 1.92. The molecule has 1 aliphatic carbocycles.